The van der Waals surface area contributed by atoms with Crippen LogP contribution in [-0.4, -0.2) is 48.3 Å². The standard InChI is InChI=1S/C20H29N3OS/c1-15-7-9-17(10-8-15)19(24)16(2)14-22-20(21-3)25-13-11-18-6-5-12-23(18)4/h7-10,14,18H,5-6,11-13H2,1-4H3,(H,21,22)/b16-14+. The van der Waals surface area contributed by atoms with E-state index in [4.69, 9.17) is 0 Å². The summed E-state index contributed by atoms with van der Waals surface area (Å²) in [6.45, 7) is 5.06. The third-order valence-electron chi connectivity index (χ3n) is 4.65. The van der Waals surface area contributed by atoms with E-state index in [1.54, 1.807) is 25.0 Å². The van der Waals surface area contributed by atoms with E-state index in [2.05, 4.69) is 22.3 Å². The SMILES string of the molecule is CN=C(N/C=C(\C)C(=O)c1ccc(C)cc1)SCCC1CCCN1C. The fourth-order valence-electron chi connectivity index (χ4n) is 2.97. The zero-order valence-corrected chi connectivity index (χ0v) is 16.5. The van der Waals surface area contributed by atoms with Crippen molar-refractivity contribution in [3.05, 3.63) is 47.2 Å². The summed E-state index contributed by atoms with van der Waals surface area (Å²) in [5, 5.41) is 4.04. The van der Waals surface area contributed by atoms with Crippen molar-refractivity contribution in [1.29, 1.82) is 0 Å². The zero-order valence-electron chi connectivity index (χ0n) is 15.7. The fraction of sp³-hybridized carbons (Fsp3) is 0.500. The number of carbonyl (C=O) groups is 1. The Morgan fingerprint density at radius 1 is 1.40 bits per heavy atom. The smallest absolute Gasteiger partial charge is 0.190 e. The van der Waals surface area contributed by atoms with Crippen molar-refractivity contribution in [2.75, 3.05) is 26.4 Å². The lowest BCUT2D eigenvalue weighted by Gasteiger charge is -2.18. The molecule has 0 aliphatic carbocycles. The lowest BCUT2D eigenvalue weighted by molar-refractivity contribution is 0.103. The maximum Gasteiger partial charge on any atom is 0.190 e. The molecule has 0 spiro atoms. The van der Waals surface area contributed by atoms with Crippen LogP contribution in [0.5, 0.6) is 0 Å². The number of thioether (sulfide) groups is 1. The summed E-state index contributed by atoms with van der Waals surface area (Å²) >= 11 is 1.72. The maximum absolute atomic E-state index is 12.4. The van der Waals surface area contributed by atoms with Gasteiger partial charge in [0.1, 0.15) is 0 Å². The Kier molecular flexibility index (Phi) is 7.72. The number of aliphatic imine (C=N–C) groups is 1. The molecule has 25 heavy (non-hydrogen) atoms. The van der Waals surface area contributed by atoms with Crippen molar-refractivity contribution < 1.29 is 4.79 Å². The average molecular weight is 360 g/mol. The number of amidine groups is 1. The van der Waals surface area contributed by atoms with Gasteiger partial charge in [0.2, 0.25) is 0 Å². The Balaban J connectivity index is 1.82. The van der Waals surface area contributed by atoms with Gasteiger partial charge >= 0.3 is 0 Å². The number of likely N-dealkylation sites (tertiary alicyclic amines) is 1. The van der Waals surface area contributed by atoms with Gasteiger partial charge in [0, 0.05) is 36.2 Å². The first kappa shape index (κ1) is 19.7. The zero-order chi connectivity index (χ0) is 18.2. The number of ketones is 1. The Bertz CT molecular complexity index is 637. The first-order chi connectivity index (χ1) is 12.0. The van der Waals surface area contributed by atoms with E-state index in [-0.39, 0.29) is 5.78 Å². The van der Waals surface area contributed by atoms with Crippen LogP contribution in [0.1, 0.15) is 42.1 Å². The van der Waals surface area contributed by atoms with E-state index in [1.807, 2.05) is 38.1 Å². The lowest BCUT2D eigenvalue weighted by atomic mass is 10.0. The minimum absolute atomic E-state index is 0.0422. The Labute approximate surface area is 155 Å². The minimum Gasteiger partial charge on any atom is -0.341 e. The number of rotatable bonds is 6. The number of aryl methyl sites for hydroxylation is 1. The van der Waals surface area contributed by atoms with E-state index in [0.717, 1.165) is 16.5 Å². The summed E-state index contributed by atoms with van der Waals surface area (Å²) in [7, 11) is 3.99. The summed E-state index contributed by atoms with van der Waals surface area (Å²) in [5.74, 6) is 1.08. The summed E-state index contributed by atoms with van der Waals surface area (Å²) in [5.41, 5.74) is 2.55. The number of nitrogens with one attached hydrogen (secondary N) is 1. The highest BCUT2D eigenvalue weighted by Crippen LogP contribution is 2.20. The molecule has 0 bridgehead atoms. The molecule has 1 fully saturated rings. The number of Topliss-reactive ketones (excluding diaryl/α,β-unsaturated/α-hetero) is 1. The molecule has 1 atom stereocenters. The molecular weight excluding hydrogens is 330 g/mol. The van der Waals surface area contributed by atoms with Gasteiger partial charge in [-0.2, -0.15) is 0 Å². The molecule has 0 radical (unpaired) electrons. The quantitative estimate of drug-likeness (QED) is 0.362. The van der Waals surface area contributed by atoms with E-state index < -0.39 is 0 Å². The summed E-state index contributed by atoms with van der Waals surface area (Å²) in [4.78, 5) is 19.2. The van der Waals surface area contributed by atoms with E-state index >= 15 is 0 Å². The van der Waals surface area contributed by atoms with Crippen molar-refractivity contribution in [2.24, 2.45) is 4.99 Å². The van der Waals surface area contributed by atoms with Gasteiger partial charge < -0.3 is 10.2 Å². The highest BCUT2D eigenvalue weighted by molar-refractivity contribution is 8.13. The summed E-state index contributed by atoms with van der Waals surface area (Å²) in [6, 6.07) is 8.37. The normalized spacial score (nSPS) is 19.3. The predicted molar refractivity (Wildman–Crippen MR) is 108 cm³/mol. The molecule has 1 saturated heterocycles. The van der Waals surface area contributed by atoms with Crippen LogP contribution < -0.4 is 5.32 Å². The molecule has 1 N–H and O–H groups in total. The number of nitrogens with zero attached hydrogens (tertiary/aromatic N) is 2. The number of hydrogen-bond donors (Lipinski definition) is 1. The molecule has 5 heteroatoms. The van der Waals surface area contributed by atoms with E-state index in [1.165, 1.54) is 25.8 Å². The van der Waals surface area contributed by atoms with Crippen LogP contribution in [0.2, 0.25) is 0 Å². The second-order valence-electron chi connectivity index (χ2n) is 6.61. The van der Waals surface area contributed by atoms with Crippen molar-refractivity contribution >= 4 is 22.7 Å². The van der Waals surface area contributed by atoms with Crippen molar-refractivity contribution in [3.63, 3.8) is 0 Å². The van der Waals surface area contributed by atoms with E-state index in [0.29, 0.717) is 17.2 Å². The second kappa shape index (κ2) is 9.78. The van der Waals surface area contributed by atoms with Crippen molar-refractivity contribution in [2.45, 2.75) is 39.2 Å². The molecule has 0 saturated carbocycles. The van der Waals surface area contributed by atoms with Crippen LogP contribution in [0, 0.1) is 6.92 Å². The third-order valence-corrected chi connectivity index (χ3v) is 5.66. The minimum atomic E-state index is 0.0422. The van der Waals surface area contributed by atoms with Gasteiger partial charge in [-0.15, -0.1) is 0 Å². The van der Waals surface area contributed by atoms with Gasteiger partial charge in [-0.1, -0.05) is 41.6 Å². The molecule has 1 aromatic rings. The molecule has 1 aliphatic rings. The van der Waals surface area contributed by atoms with E-state index in [9.17, 15) is 4.79 Å². The average Bonchev–Trinajstić information content (AvgIpc) is 3.02. The largest absolute Gasteiger partial charge is 0.341 e. The maximum atomic E-state index is 12.4. The number of benzene rings is 1. The molecular formula is C20H29N3OS. The third kappa shape index (κ3) is 6.01. The Morgan fingerprint density at radius 3 is 2.72 bits per heavy atom. The number of allylic oxidation sites excluding steroid dienone is 1. The van der Waals surface area contributed by atoms with Crippen LogP contribution in [-0.2, 0) is 0 Å². The highest BCUT2D eigenvalue weighted by Gasteiger charge is 2.20. The summed E-state index contributed by atoms with van der Waals surface area (Å²) in [6.07, 6.45) is 5.54. The molecule has 136 valence electrons. The van der Waals surface area contributed by atoms with Crippen LogP contribution in [0.3, 0.4) is 0 Å². The molecule has 1 aromatic carbocycles. The van der Waals surface area contributed by atoms with Crippen LogP contribution in [0.25, 0.3) is 0 Å². The second-order valence-corrected chi connectivity index (χ2v) is 7.69. The van der Waals surface area contributed by atoms with Gasteiger partial charge in [-0.25, -0.2) is 0 Å². The summed E-state index contributed by atoms with van der Waals surface area (Å²) < 4.78 is 0. The van der Waals surface area contributed by atoms with Gasteiger partial charge in [0.15, 0.2) is 11.0 Å². The molecule has 1 heterocycles. The van der Waals surface area contributed by atoms with Crippen molar-refractivity contribution in [1.82, 2.24) is 10.2 Å². The predicted octanol–water partition coefficient (Wildman–Crippen LogP) is 3.87. The lowest BCUT2D eigenvalue weighted by Crippen LogP contribution is -2.25. The molecule has 1 aliphatic heterocycles. The molecule has 0 amide bonds. The number of hydrogen-bond acceptors (Lipinski definition) is 4. The molecule has 1 unspecified atom stereocenters. The van der Waals surface area contributed by atoms with Gasteiger partial charge in [-0.05, 0) is 46.7 Å². The topological polar surface area (TPSA) is 44.7 Å². The van der Waals surface area contributed by atoms with Crippen LogP contribution >= 0.6 is 11.8 Å². The first-order valence-electron chi connectivity index (χ1n) is 8.85. The highest BCUT2D eigenvalue weighted by atomic mass is 32.2. The van der Waals surface area contributed by atoms with Gasteiger partial charge in [-0.3, -0.25) is 9.79 Å². The van der Waals surface area contributed by atoms with Crippen LogP contribution in [0.4, 0.5) is 0 Å². The van der Waals surface area contributed by atoms with Crippen molar-refractivity contribution in [3.8, 4) is 0 Å². The Hall–Kier alpha value is -1.59. The Morgan fingerprint density at radius 2 is 2.12 bits per heavy atom. The molecule has 0 aromatic heterocycles. The molecule has 4 nitrogen and oxygen atoms in total. The fourth-order valence-corrected chi connectivity index (χ4v) is 3.83. The first-order valence-corrected chi connectivity index (χ1v) is 9.84. The number of carbonyl (C=O) groups excluding carboxylic acids is 1. The van der Waals surface area contributed by atoms with Gasteiger partial charge in [0.25, 0.3) is 0 Å². The molecule has 2 rings (SSSR count). The van der Waals surface area contributed by atoms with Crippen LogP contribution in [0.15, 0.2) is 41.0 Å². The monoisotopic (exact) mass is 359 g/mol. The van der Waals surface area contributed by atoms with Gasteiger partial charge in [0.05, 0.1) is 0 Å².